The second kappa shape index (κ2) is 6.03. The summed E-state index contributed by atoms with van der Waals surface area (Å²) in [6, 6.07) is 3.43. The summed E-state index contributed by atoms with van der Waals surface area (Å²) >= 11 is 8.08. The van der Waals surface area contributed by atoms with Crippen molar-refractivity contribution in [3.05, 3.63) is 39.5 Å². The number of aromatic nitrogens is 2. The molecule has 7 heteroatoms. The van der Waals surface area contributed by atoms with Crippen molar-refractivity contribution in [2.45, 2.75) is 25.7 Å². The summed E-state index contributed by atoms with van der Waals surface area (Å²) in [4.78, 5) is 11.3. The number of nitrogen functional groups attached to an aromatic ring is 1. The third-order valence-electron chi connectivity index (χ3n) is 4.33. The van der Waals surface area contributed by atoms with Gasteiger partial charge in [-0.15, -0.1) is 11.3 Å². The van der Waals surface area contributed by atoms with E-state index in [4.69, 9.17) is 22.7 Å². The Bertz CT molecular complexity index is 950. The van der Waals surface area contributed by atoms with Gasteiger partial charge in [-0.2, -0.15) is 0 Å². The Kier molecular flexibility index (Phi) is 3.86. The van der Waals surface area contributed by atoms with Gasteiger partial charge in [0.1, 0.15) is 17.0 Å². The maximum atomic E-state index is 7.46. The van der Waals surface area contributed by atoms with Gasteiger partial charge in [-0.3, -0.25) is 0 Å². The van der Waals surface area contributed by atoms with Gasteiger partial charge in [0.05, 0.1) is 16.1 Å². The number of aryl methyl sites for hydroxylation is 2. The van der Waals surface area contributed by atoms with Crippen molar-refractivity contribution in [3.8, 4) is 0 Å². The van der Waals surface area contributed by atoms with E-state index in [1.54, 1.807) is 29.8 Å². The van der Waals surface area contributed by atoms with Gasteiger partial charge in [0.25, 0.3) is 0 Å². The molecule has 0 saturated carbocycles. The molecule has 0 fully saturated rings. The lowest BCUT2D eigenvalue weighted by molar-refractivity contribution is 0.700. The summed E-state index contributed by atoms with van der Waals surface area (Å²) in [5, 5.41) is 12.4. The standard InChI is InChI=1S/C17H16ClN5S/c18-11-6-12(20)9(7-19)5-13(11)23-16-15-10-3-1-2-4-14(10)24-17(15)22-8-21-16/h5-8,19H,1-4,20H2,(H,21,22,23). The Morgan fingerprint density at radius 3 is 2.92 bits per heavy atom. The fraction of sp³-hybridized carbons (Fsp3) is 0.235. The first kappa shape index (κ1) is 15.4. The molecule has 1 aliphatic rings. The first-order valence-corrected chi connectivity index (χ1v) is 8.98. The van der Waals surface area contributed by atoms with Crippen LogP contribution in [0.2, 0.25) is 5.02 Å². The summed E-state index contributed by atoms with van der Waals surface area (Å²) in [5.74, 6) is 0.766. The highest BCUT2D eigenvalue weighted by Crippen LogP contribution is 2.39. The number of thiophene rings is 1. The predicted molar refractivity (Wildman–Crippen MR) is 101 cm³/mol. The fourth-order valence-electron chi connectivity index (χ4n) is 3.14. The zero-order chi connectivity index (χ0) is 16.7. The quantitative estimate of drug-likeness (QED) is 0.474. The van der Waals surface area contributed by atoms with E-state index in [0.717, 1.165) is 28.9 Å². The van der Waals surface area contributed by atoms with Crippen LogP contribution >= 0.6 is 22.9 Å². The fourth-order valence-corrected chi connectivity index (χ4v) is 4.59. The SMILES string of the molecule is N=Cc1cc(Nc2ncnc3sc4c(c23)CCCC4)c(Cl)cc1N. The van der Waals surface area contributed by atoms with E-state index in [2.05, 4.69) is 15.3 Å². The zero-order valence-electron chi connectivity index (χ0n) is 12.9. The molecule has 5 nitrogen and oxygen atoms in total. The van der Waals surface area contributed by atoms with Gasteiger partial charge < -0.3 is 16.5 Å². The van der Waals surface area contributed by atoms with Gasteiger partial charge in [0.15, 0.2) is 0 Å². The number of benzene rings is 1. The molecule has 4 N–H and O–H groups in total. The first-order valence-electron chi connectivity index (χ1n) is 7.79. The smallest absolute Gasteiger partial charge is 0.142 e. The first-order chi connectivity index (χ1) is 11.7. The maximum absolute atomic E-state index is 7.46. The van der Waals surface area contributed by atoms with E-state index in [1.807, 2.05) is 0 Å². The minimum absolute atomic E-state index is 0.487. The summed E-state index contributed by atoms with van der Waals surface area (Å²) in [6.45, 7) is 0. The number of nitrogens with zero attached hydrogens (tertiary/aromatic N) is 2. The molecule has 0 saturated heterocycles. The lowest BCUT2D eigenvalue weighted by Gasteiger charge is -2.14. The van der Waals surface area contributed by atoms with Crippen molar-refractivity contribution in [3.63, 3.8) is 0 Å². The predicted octanol–water partition coefficient (Wildman–Crippen LogP) is 4.55. The van der Waals surface area contributed by atoms with Crippen LogP contribution in [0.4, 0.5) is 17.2 Å². The Morgan fingerprint density at radius 1 is 1.25 bits per heavy atom. The number of hydrogen-bond donors (Lipinski definition) is 3. The molecule has 3 aromatic rings. The lowest BCUT2D eigenvalue weighted by Crippen LogP contribution is -2.02. The molecule has 0 radical (unpaired) electrons. The minimum Gasteiger partial charge on any atom is -0.398 e. The van der Waals surface area contributed by atoms with E-state index >= 15 is 0 Å². The third-order valence-corrected chi connectivity index (χ3v) is 5.85. The van der Waals surface area contributed by atoms with Crippen LogP contribution in [0, 0.1) is 5.41 Å². The van der Waals surface area contributed by atoms with Crippen molar-refractivity contribution in [1.29, 1.82) is 5.41 Å². The van der Waals surface area contributed by atoms with E-state index in [1.165, 1.54) is 29.5 Å². The molecule has 2 aromatic heterocycles. The van der Waals surface area contributed by atoms with E-state index < -0.39 is 0 Å². The van der Waals surface area contributed by atoms with Gasteiger partial charge in [0.2, 0.25) is 0 Å². The number of nitrogens with two attached hydrogens (primary N) is 1. The largest absolute Gasteiger partial charge is 0.398 e. The summed E-state index contributed by atoms with van der Waals surface area (Å²) in [6.07, 6.45) is 7.43. The highest BCUT2D eigenvalue weighted by atomic mass is 35.5. The molecular weight excluding hydrogens is 342 g/mol. The van der Waals surface area contributed by atoms with Crippen molar-refractivity contribution in [2.24, 2.45) is 0 Å². The maximum Gasteiger partial charge on any atom is 0.142 e. The third kappa shape index (κ3) is 2.52. The summed E-state index contributed by atoms with van der Waals surface area (Å²) in [7, 11) is 0. The van der Waals surface area contributed by atoms with E-state index in [-0.39, 0.29) is 0 Å². The number of nitrogens with one attached hydrogen (secondary N) is 2. The van der Waals surface area contributed by atoms with Gasteiger partial charge in [-0.1, -0.05) is 11.6 Å². The van der Waals surface area contributed by atoms with Crippen LogP contribution in [0.25, 0.3) is 10.2 Å². The van der Waals surface area contributed by atoms with Crippen LogP contribution in [-0.4, -0.2) is 16.2 Å². The van der Waals surface area contributed by atoms with Crippen molar-refractivity contribution in [2.75, 3.05) is 11.1 Å². The van der Waals surface area contributed by atoms with E-state index in [9.17, 15) is 0 Å². The van der Waals surface area contributed by atoms with Crippen LogP contribution in [0.15, 0.2) is 18.5 Å². The van der Waals surface area contributed by atoms with Crippen molar-refractivity contribution >= 4 is 56.6 Å². The van der Waals surface area contributed by atoms with Crippen LogP contribution in [0.5, 0.6) is 0 Å². The molecule has 0 spiro atoms. The highest BCUT2D eigenvalue weighted by Gasteiger charge is 2.20. The monoisotopic (exact) mass is 357 g/mol. The topological polar surface area (TPSA) is 87.7 Å². The Morgan fingerprint density at radius 2 is 2.08 bits per heavy atom. The second-order valence-electron chi connectivity index (χ2n) is 5.84. The number of halogens is 1. The van der Waals surface area contributed by atoms with Gasteiger partial charge in [-0.25, -0.2) is 9.97 Å². The molecule has 0 aliphatic heterocycles. The molecule has 0 bridgehead atoms. The molecule has 4 rings (SSSR count). The average Bonchev–Trinajstić information content (AvgIpc) is 2.96. The number of rotatable bonds is 3. The summed E-state index contributed by atoms with van der Waals surface area (Å²) < 4.78 is 0. The van der Waals surface area contributed by atoms with Crippen LogP contribution in [0.3, 0.4) is 0 Å². The molecule has 0 unspecified atom stereocenters. The number of anilines is 3. The molecular formula is C17H16ClN5S. The average molecular weight is 358 g/mol. The second-order valence-corrected chi connectivity index (χ2v) is 7.33. The Hall–Kier alpha value is -2.18. The van der Waals surface area contributed by atoms with Crippen LogP contribution in [-0.2, 0) is 12.8 Å². The molecule has 1 aromatic carbocycles. The van der Waals surface area contributed by atoms with Gasteiger partial charge in [-0.05, 0) is 43.4 Å². The van der Waals surface area contributed by atoms with Crippen molar-refractivity contribution < 1.29 is 0 Å². The molecule has 0 atom stereocenters. The van der Waals surface area contributed by atoms with E-state index in [0.29, 0.717) is 22.0 Å². The number of fused-ring (bicyclic) bond motifs is 3. The van der Waals surface area contributed by atoms with Crippen molar-refractivity contribution in [1.82, 2.24) is 9.97 Å². The Balaban J connectivity index is 1.83. The number of hydrogen-bond acceptors (Lipinski definition) is 6. The molecule has 1 aliphatic carbocycles. The Labute approximate surface area is 148 Å². The molecule has 24 heavy (non-hydrogen) atoms. The highest BCUT2D eigenvalue weighted by molar-refractivity contribution is 7.19. The minimum atomic E-state index is 0.487. The lowest BCUT2D eigenvalue weighted by atomic mass is 9.97. The van der Waals surface area contributed by atoms with Gasteiger partial charge >= 0.3 is 0 Å². The molecule has 122 valence electrons. The normalized spacial score (nSPS) is 13.7. The van der Waals surface area contributed by atoms with Crippen LogP contribution in [0.1, 0.15) is 28.8 Å². The zero-order valence-corrected chi connectivity index (χ0v) is 14.5. The molecule has 2 heterocycles. The van der Waals surface area contributed by atoms with Gasteiger partial charge in [0, 0.05) is 22.3 Å². The summed E-state index contributed by atoms with van der Waals surface area (Å²) in [5.41, 5.74) is 9.04. The van der Waals surface area contributed by atoms with Crippen LogP contribution < -0.4 is 11.1 Å². The molecule has 0 amide bonds.